The lowest BCUT2D eigenvalue weighted by molar-refractivity contribution is -0.138. The molecule has 0 aliphatic heterocycles. The molecule has 1 aliphatic carbocycles. The van der Waals surface area contributed by atoms with Crippen LogP contribution in [-0.4, -0.2) is 43.6 Å². The maximum Gasteiger partial charge on any atom is 0.349 e. The smallest absolute Gasteiger partial charge is 0.349 e. The van der Waals surface area contributed by atoms with Crippen molar-refractivity contribution in [1.82, 2.24) is 4.90 Å². The first-order valence-corrected chi connectivity index (χ1v) is 9.89. The minimum atomic E-state index is -0.896. The van der Waals surface area contributed by atoms with Gasteiger partial charge in [-0.15, -0.1) is 11.3 Å². The topological polar surface area (TPSA) is 79.6 Å². The van der Waals surface area contributed by atoms with Gasteiger partial charge in [0, 0.05) is 18.5 Å². The number of amides is 1. The highest BCUT2D eigenvalue weighted by atomic mass is 32.1. The molecule has 0 saturated heterocycles. The lowest BCUT2D eigenvalue weighted by Crippen LogP contribution is -2.37. The molecule has 1 amide bonds. The molecule has 2 aromatic rings. The fraction of sp³-hybridized carbons (Fsp3) is 0.381. The molecule has 0 fully saturated rings. The van der Waals surface area contributed by atoms with E-state index in [-0.39, 0.29) is 12.3 Å². The van der Waals surface area contributed by atoms with Crippen LogP contribution in [0.15, 0.2) is 24.3 Å². The summed E-state index contributed by atoms with van der Waals surface area (Å²) in [5, 5.41) is 8.63. The molecule has 0 unspecified atom stereocenters. The van der Waals surface area contributed by atoms with E-state index in [1.54, 1.807) is 21.1 Å². The predicted molar refractivity (Wildman–Crippen MR) is 106 cm³/mol. The Morgan fingerprint density at radius 1 is 1.29 bits per heavy atom. The van der Waals surface area contributed by atoms with Gasteiger partial charge in [-0.2, -0.15) is 5.26 Å². The summed E-state index contributed by atoms with van der Waals surface area (Å²) in [6, 6.07) is 9.84. The molecule has 0 bridgehead atoms. The summed E-state index contributed by atoms with van der Waals surface area (Å²) in [7, 11) is 3.24. The van der Waals surface area contributed by atoms with Gasteiger partial charge in [0.2, 0.25) is 0 Å². The van der Waals surface area contributed by atoms with Crippen LogP contribution in [-0.2, 0) is 22.4 Å². The van der Waals surface area contributed by atoms with Gasteiger partial charge in [0.1, 0.15) is 10.6 Å². The molecule has 1 aromatic heterocycles. The minimum Gasteiger partial charge on any atom is -0.497 e. The van der Waals surface area contributed by atoms with E-state index in [2.05, 4.69) is 0 Å². The highest BCUT2D eigenvalue weighted by molar-refractivity contribution is 7.17. The Hall–Kier alpha value is -2.85. The van der Waals surface area contributed by atoms with Crippen LogP contribution >= 0.6 is 11.3 Å². The van der Waals surface area contributed by atoms with E-state index in [0.29, 0.717) is 11.4 Å². The normalized spacial score (nSPS) is 12.9. The number of carbonyl (C=O) groups is 2. The van der Waals surface area contributed by atoms with Gasteiger partial charge >= 0.3 is 5.97 Å². The quantitative estimate of drug-likeness (QED) is 0.697. The zero-order chi connectivity index (χ0) is 20.3. The highest BCUT2D eigenvalue weighted by Gasteiger charge is 2.26. The number of nitriles is 1. The average molecular weight is 398 g/mol. The zero-order valence-electron chi connectivity index (χ0n) is 16.2. The van der Waals surface area contributed by atoms with Gasteiger partial charge in [-0.25, -0.2) is 4.79 Å². The third kappa shape index (κ3) is 4.02. The number of ether oxygens (including phenoxy) is 2. The molecule has 7 heteroatoms. The Labute approximate surface area is 168 Å². The molecule has 1 aromatic carbocycles. The molecule has 0 saturated carbocycles. The molecular formula is C21H22N2O4S. The second-order valence-electron chi connectivity index (χ2n) is 6.70. The van der Waals surface area contributed by atoms with Gasteiger partial charge in [-0.3, -0.25) is 4.79 Å². The fourth-order valence-corrected chi connectivity index (χ4v) is 4.40. The number of thiophene rings is 1. The van der Waals surface area contributed by atoms with Crippen molar-refractivity contribution in [1.29, 1.82) is 5.26 Å². The molecule has 1 aliphatic rings. The van der Waals surface area contributed by atoms with Crippen molar-refractivity contribution in [3.05, 3.63) is 40.3 Å². The van der Waals surface area contributed by atoms with Gasteiger partial charge in [0.25, 0.3) is 5.91 Å². The van der Waals surface area contributed by atoms with E-state index in [0.717, 1.165) is 34.6 Å². The Balaban J connectivity index is 1.74. The van der Waals surface area contributed by atoms with Crippen molar-refractivity contribution in [2.45, 2.75) is 32.3 Å². The molecule has 0 spiro atoms. The largest absolute Gasteiger partial charge is 0.497 e. The SMILES string of the molecule is COc1ccc2c(c1)CCc1cc(C(=O)O[C@@H](C)C(=O)N(C)CCC#N)sc1-2. The van der Waals surface area contributed by atoms with E-state index >= 15 is 0 Å². The summed E-state index contributed by atoms with van der Waals surface area (Å²) < 4.78 is 10.7. The number of carbonyl (C=O) groups excluding carboxylic acids is 2. The molecule has 0 N–H and O–H groups in total. The monoisotopic (exact) mass is 398 g/mol. The van der Waals surface area contributed by atoms with Crippen LogP contribution in [0.1, 0.15) is 34.1 Å². The van der Waals surface area contributed by atoms with Crippen molar-refractivity contribution >= 4 is 23.2 Å². The van der Waals surface area contributed by atoms with E-state index in [9.17, 15) is 9.59 Å². The van der Waals surface area contributed by atoms with Crippen LogP contribution in [0.4, 0.5) is 0 Å². The average Bonchev–Trinajstić information content (AvgIpc) is 3.15. The van der Waals surface area contributed by atoms with Gasteiger partial charge in [0.05, 0.1) is 19.6 Å². The second-order valence-corrected chi connectivity index (χ2v) is 7.76. The van der Waals surface area contributed by atoms with Crippen molar-refractivity contribution in [2.24, 2.45) is 0 Å². The second kappa shape index (κ2) is 8.44. The van der Waals surface area contributed by atoms with Crippen molar-refractivity contribution < 1.29 is 19.1 Å². The Morgan fingerprint density at radius 2 is 2.04 bits per heavy atom. The molecule has 28 heavy (non-hydrogen) atoms. The van der Waals surface area contributed by atoms with E-state index in [4.69, 9.17) is 14.7 Å². The maximum atomic E-state index is 12.6. The number of methoxy groups -OCH3 is 1. The molecule has 146 valence electrons. The molecular weight excluding hydrogens is 376 g/mol. The van der Waals surface area contributed by atoms with Gasteiger partial charge < -0.3 is 14.4 Å². The summed E-state index contributed by atoms with van der Waals surface area (Å²) in [5.74, 6) is 0.0117. The first-order chi connectivity index (χ1) is 13.4. The van der Waals surface area contributed by atoms with Crippen LogP contribution in [0.5, 0.6) is 5.75 Å². The number of rotatable bonds is 6. The minimum absolute atomic E-state index is 0.241. The van der Waals surface area contributed by atoms with E-state index in [1.165, 1.54) is 21.8 Å². The van der Waals surface area contributed by atoms with Crippen molar-refractivity contribution in [3.8, 4) is 22.3 Å². The number of benzene rings is 1. The highest BCUT2D eigenvalue weighted by Crippen LogP contribution is 2.41. The summed E-state index contributed by atoms with van der Waals surface area (Å²) in [5.41, 5.74) is 3.45. The van der Waals surface area contributed by atoms with Gasteiger partial charge in [0.15, 0.2) is 6.10 Å². The third-order valence-corrected chi connectivity index (χ3v) is 5.99. The Morgan fingerprint density at radius 3 is 2.75 bits per heavy atom. The van der Waals surface area contributed by atoms with Crippen LogP contribution in [0.2, 0.25) is 0 Å². The van der Waals surface area contributed by atoms with Crippen LogP contribution < -0.4 is 4.74 Å². The van der Waals surface area contributed by atoms with Crippen molar-refractivity contribution in [2.75, 3.05) is 20.7 Å². The number of fused-ring (bicyclic) bond motifs is 3. The number of aryl methyl sites for hydroxylation is 2. The van der Waals surface area contributed by atoms with E-state index < -0.39 is 12.1 Å². The first-order valence-electron chi connectivity index (χ1n) is 9.07. The number of nitrogens with zero attached hydrogens (tertiary/aromatic N) is 2. The molecule has 1 atom stereocenters. The van der Waals surface area contributed by atoms with Gasteiger partial charge in [-0.05, 0) is 60.7 Å². The lowest BCUT2D eigenvalue weighted by atomic mass is 9.91. The zero-order valence-corrected chi connectivity index (χ0v) is 17.0. The third-order valence-electron chi connectivity index (χ3n) is 4.80. The lowest BCUT2D eigenvalue weighted by Gasteiger charge is -2.20. The van der Waals surface area contributed by atoms with Crippen LogP contribution in [0.25, 0.3) is 10.4 Å². The first kappa shape index (κ1) is 19.9. The Kier molecular flexibility index (Phi) is 6.00. The number of esters is 1. The molecule has 1 heterocycles. The van der Waals surface area contributed by atoms with Gasteiger partial charge in [-0.1, -0.05) is 0 Å². The molecule has 0 radical (unpaired) electrons. The summed E-state index contributed by atoms with van der Waals surface area (Å²) in [6.07, 6.45) is 1.09. The molecule has 6 nitrogen and oxygen atoms in total. The molecule has 3 rings (SSSR count). The standard InChI is InChI=1S/C21H22N2O4S/c1-13(20(24)23(2)10-4-9-22)27-21(25)18-12-15-6-5-14-11-16(26-3)7-8-17(14)19(15)28-18/h7-8,11-13H,4-6,10H2,1-3H3/t13-/m0/s1. The predicted octanol–water partition coefficient (Wildman–Crippen LogP) is 3.44. The maximum absolute atomic E-state index is 12.6. The number of hydrogen-bond donors (Lipinski definition) is 0. The summed E-state index contributed by atoms with van der Waals surface area (Å²) >= 11 is 1.39. The summed E-state index contributed by atoms with van der Waals surface area (Å²) in [4.78, 5) is 27.8. The number of likely N-dealkylation sites (N-methyl/N-ethyl adjacent to an activating group) is 1. The van der Waals surface area contributed by atoms with E-state index in [1.807, 2.05) is 30.3 Å². The van der Waals surface area contributed by atoms with Crippen molar-refractivity contribution in [3.63, 3.8) is 0 Å². The summed E-state index contributed by atoms with van der Waals surface area (Å²) in [6.45, 7) is 1.86. The fourth-order valence-electron chi connectivity index (χ4n) is 3.25. The van der Waals surface area contributed by atoms with Crippen LogP contribution in [0, 0.1) is 11.3 Å². The van der Waals surface area contributed by atoms with Crippen LogP contribution in [0.3, 0.4) is 0 Å². The number of hydrogen-bond acceptors (Lipinski definition) is 6. The Bertz CT molecular complexity index is 944.